The molecule has 0 saturated heterocycles. The van der Waals surface area contributed by atoms with Gasteiger partial charge < -0.3 is 11.5 Å². The summed E-state index contributed by atoms with van der Waals surface area (Å²) in [7, 11) is 0. The molecular formula is C8H9N4+. The second-order valence-electron chi connectivity index (χ2n) is 2.18. The molecule has 0 heterocycles. The maximum Gasteiger partial charge on any atom is 0.310 e. The highest BCUT2D eigenvalue weighted by Crippen LogP contribution is 2.15. The van der Waals surface area contributed by atoms with Crippen molar-refractivity contribution in [2.75, 3.05) is 0 Å². The van der Waals surface area contributed by atoms with Crippen LogP contribution < -0.4 is 16.7 Å². The van der Waals surface area contributed by atoms with Gasteiger partial charge in [-0.25, -0.2) is 4.99 Å². The third-order valence-electron chi connectivity index (χ3n) is 1.29. The highest BCUT2D eigenvalue weighted by atomic mass is 15.0. The molecule has 0 spiro atoms. The van der Waals surface area contributed by atoms with Gasteiger partial charge in [-0.15, -0.1) is 0 Å². The van der Waals surface area contributed by atoms with Gasteiger partial charge in [-0.05, 0) is 12.1 Å². The molecule has 0 saturated carbocycles. The quantitative estimate of drug-likeness (QED) is 0.353. The lowest BCUT2D eigenvalue weighted by atomic mass is 10.2. The van der Waals surface area contributed by atoms with Crippen LogP contribution in [0.25, 0.3) is 0 Å². The van der Waals surface area contributed by atoms with Crippen molar-refractivity contribution in [3.63, 3.8) is 0 Å². The fraction of sp³-hybridized carbons (Fsp3) is 0. The number of aliphatic imine (C=N–C) groups is 1. The Morgan fingerprint density at radius 1 is 1.33 bits per heavy atom. The van der Waals surface area contributed by atoms with Crippen LogP contribution in [0, 0.1) is 6.07 Å². The van der Waals surface area contributed by atoms with Gasteiger partial charge in [0.2, 0.25) is 0 Å². The molecular weight excluding hydrogens is 152 g/mol. The first kappa shape index (κ1) is 8.08. The summed E-state index contributed by atoms with van der Waals surface area (Å²) in [6.45, 7) is 0. The van der Waals surface area contributed by atoms with Crippen molar-refractivity contribution in [3.05, 3.63) is 29.8 Å². The number of rotatable bonds is 1. The van der Waals surface area contributed by atoms with Gasteiger partial charge in [0, 0.05) is 0 Å². The second-order valence-corrected chi connectivity index (χ2v) is 2.18. The Hall–Kier alpha value is -2.02. The number of nitrogens with one attached hydrogen (secondary N) is 1. The molecule has 0 aliphatic rings. The van der Waals surface area contributed by atoms with E-state index in [1.807, 2.05) is 0 Å². The molecule has 0 radical (unpaired) electrons. The van der Waals surface area contributed by atoms with E-state index < -0.39 is 0 Å². The van der Waals surface area contributed by atoms with Crippen molar-refractivity contribution in [2.45, 2.75) is 0 Å². The molecule has 60 valence electrons. The van der Waals surface area contributed by atoms with Crippen LogP contribution in [0.3, 0.4) is 0 Å². The lowest BCUT2D eigenvalue weighted by molar-refractivity contribution is -0.0908. The third-order valence-corrected chi connectivity index (χ3v) is 1.29. The fourth-order valence-corrected chi connectivity index (χ4v) is 0.816. The lowest BCUT2D eigenvalue weighted by Crippen LogP contribution is -2.22. The highest BCUT2D eigenvalue weighted by Gasteiger charge is 2.00. The normalized spacial score (nSPS) is 8.58. The molecule has 0 fully saturated rings. The Morgan fingerprint density at radius 3 is 2.58 bits per heavy atom. The number of benzene rings is 1. The standard InChI is InChI=1S/C8H8N4/c9-5-6-3-1-2-4-7(6)12-8(10)11/h1-4H,(H4,10,11,12)/p+1. The van der Waals surface area contributed by atoms with E-state index in [1.165, 1.54) is 0 Å². The molecule has 0 amide bonds. The van der Waals surface area contributed by atoms with Crippen LogP contribution in [-0.2, 0) is 0 Å². The average Bonchev–Trinajstić information content (AvgIpc) is 2.04. The largest absolute Gasteiger partial charge is 0.370 e. The van der Waals surface area contributed by atoms with E-state index in [9.17, 15) is 0 Å². The fourth-order valence-electron chi connectivity index (χ4n) is 0.816. The molecule has 1 aromatic rings. The topological polar surface area (TPSA) is 88.2 Å². The van der Waals surface area contributed by atoms with Crippen molar-refractivity contribution in [2.24, 2.45) is 16.5 Å². The van der Waals surface area contributed by atoms with Crippen molar-refractivity contribution in [1.82, 2.24) is 0 Å². The Balaban J connectivity index is 3.17. The van der Waals surface area contributed by atoms with E-state index in [2.05, 4.69) is 11.1 Å². The van der Waals surface area contributed by atoms with E-state index >= 15 is 0 Å². The second kappa shape index (κ2) is 3.39. The first-order valence-electron chi connectivity index (χ1n) is 3.35. The SMILES string of the molecule is [NH+]#Cc1ccccc1N=C(N)N. The molecule has 1 rings (SSSR count). The van der Waals surface area contributed by atoms with Crippen molar-refractivity contribution in [1.29, 1.82) is 0 Å². The zero-order valence-corrected chi connectivity index (χ0v) is 6.41. The summed E-state index contributed by atoms with van der Waals surface area (Å²) in [4.78, 5) is 3.82. The van der Waals surface area contributed by atoms with Crippen molar-refractivity contribution < 1.29 is 5.26 Å². The summed E-state index contributed by atoms with van der Waals surface area (Å²) in [5.41, 5.74) is 11.5. The number of hydrogen-bond donors (Lipinski definition) is 3. The zero-order chi connectivity index (χ0) is 8.97. The van der Waals surface area contributed by atoms with Gasteiger partial charge >= 0.3 is 6.07 Å². The van der Waals surface area contributed by atoms with Crippen LogP contribution in [0.5, 0.6) is 0 Å². The minimum atomic E-state index is -0.0160. The maximum atomic E-state index is 6.93. The van der Waals surface area contributed by atoms with Crippen LogP contribution in [0.2, 0.25) is 0 Å². The molecule has 0 aliphatic heterocycles. The van der Waals surface area contributed by atoms with E-state index in [4.69, 9.17) is 16.7 Å². The number of para-hydroxylation sites is 1. The Morgan fingerprint density at radius 2 is 2.00 bits per heavy atom. The molecule has 0 atom stereocenters. The zero-order valence-electron chi connectivity index (χ0n) is 6.41. The summed E-state index contributed by atoms with van der Waals surface area (Å²) in [6.07, 6.45) is 0. The first-order chi connectivity index (χ1) is 5.74. The molecule has 0 unspecified atom stereocenters. The Kier molecular flexibility index (Phi) is 2.29. The summed E-state index contributed by atoms with van der Waals surface area (Å²) in [6, 6.07) is 9.26. The molecule has 1 aromatic carbocycles. The smallest absolute Gasteiger partial charge is 0.310 e. The summed E-state index contributed by atoms with van der Waals surface area (Å²) in [5.74, 6) is -0.0160. The van der Waals surface area contributed by atoms with Gasteiger partial charge in [-0.1, -0.05) is 17.4 Å². The van der Waals surface area contributed by atoms with E-state index in [1.54, 1.807) is 24.3 Å². The summed E-state index contributed by atoms with van der Waals surface area (Å²) >= 11 is 0. The van der Waals surface area contributed by atoms with Crippen LogP contribution in [0.1, 0.15) is 5.56 Å². The lowest BCUT2D eigenvalue weighted by Gasteiger charge is -1.94. The monoisotopic (exact) mass is 161 g/mol. The Labute approximate surface area is 70.1 Å². The number of nitrogens with zero attached hydrogens (tertiary/aromatic N) is 1. The predicted molar refractivity (Wildman–Crippen MR) is 45.9 cm³/mol. The van der Waals surface area contributed by atoms with E-state index in [-0.39, 0.29) is 5.96 Å². The summed E-state index contributed by atoms with van der Waals surface area (Å²) < 4.78 is 0. The van der Waals surface area contributed by atoms with Crippen LogP contribution in [0.15, 0.2) is 29.3 Å². The van der Waals surface area contributed by atoms with Gasteiger partial charge in [0.05, 0.1) is 5.69 Å². The minimum Gasteiger partial charge on any atom is -0.370 e. The number of guanidine groups is 1. The molecule has 12 heavy (non-hydrogen) atoms. The molecule has 0 aliphatic carbocycles. The highest BCUT2D eigenvalue weighted by molar-refractivity contribution is 5.80. The molecule has 4 heteroatoms. The molecule has 4 nitrogen and oxygen atoms in total. The average molecular weight is 161 g/mol. The van der Waals surface area contributed by atoms with Gasteiger partial charge in [0.15, 0.2) is 5.96 Å². The molecule has 0 aromatic heterocycles. The van der Waals surface area contributed by atoms with Gasteiger partial charge in [-0.3, -0.25) is 0 Å². The van der Waals surface area contributed by atoms with Crippen LogP contribution in [-0.4, -0.2) is 5.96 Å². The minimum absolute atomic E-state index is 0.0160. The van der Waals surface area contributed by atoms with Gasteiger partial charge in [-0.2, -0.15) is 0 Å². The first-order valence-corrected chi connectivity index (χ1v) is 3.35. The van der Waals surface area contributed by atoms with E-state index in [0.29, 0.717) is 11.3 Å². The predicted octanol–water partition coefficient (Wildman–Crippen LogP) is -1.29. The third kappa shape index (κ3) is 1.73. The van der Waals surface area contributed by atoms with Crippen LogP contribution in [0.4, 0.5) is 5.69 Å². The van der Waals surface area contributed by atoms with Crippen LogP contribution >= 0.6 is 0 Å². The molecule has 0 bridgehead atoms. The number of nitrogens with two attached hydrogens (primary N) is 2. The Bertz CT molecular complexity index is 344. The van der Waals surface area contributed by atoms with Crippen molar-refractivity contribution >= 4 is 11.6 Å². The van der Waals surface area contributed by atoms with Gasteiger partial charge in [0.25, 0.3) is 0 Å². The summed E-state index contributed by atoms with van der Waals surface area (Å²) in [5, 5.41) is 6.93. The van der Waals surface area contributed by atoms with E-state index in [0.717, 1.165) is 0 Å². The maximum absolute atomic E-state index is 6.93. The molecule has 5 N–H and O–H groups in total. The van der Waals surface area contributed by atoms with Crippen molar-refractivity contribution in [3.8, 4) is 6.07 Å². The van der Waals surface area contributed by atoms with Gasteiger partial charge in [0.1, 0.15) is 5.56 Å². The number of hydrogen-bond acceptors (Lipinski definition) is 1.